The third-order valence-corrected chi connectivity index (χ3v) is 7.71. The van der Waals surface area contributed by atoms with E-state index < -0.39 is 6.04 Å². The highest BCUT2D eigenvalue weighted by Gasteiger charge is 2.33. The molecule has 0 unspecified atom stereocenters. The van der Waals surface area contributed by atoms with Crippen LogP contribution in [0.5, 0.6) is 0 Å². The minimum Gasteiger partial charge on any atom is -0.376 e. The topological polar surface area (TPSA) is 92.2 Å². The van der Waals surface area contributed by atoms with Crippen LogP contribution in [0.4, 0.5) is 10.1 Å². The highest BCUT2D eigenvalue weighted by Crippen LogP contribution is 2.30. The number of halogens is 1. The van der Waals surface area contributed by atoms with Gasteiger partial charge < -0.3 is 14.6 Å². The van der Waals surface area contributed by atoms with Crippen molar-refractivity contribution >= 4 is 16.6 Å². The van der Waals surface area contributed by atoms with E-state index in [-0.39, 0.29) is 17.5 Å². The number of H-pyrrole nitrogens is 1. The van der Waals surface area contributed by atoms with Crippen LogP contribution in [0.3, 0.4) is 0 Å². The van der Waals surface area contributed by atoms with Crippen LogP contribution in [0.25, 0.3) is 10.9 Å². The predicted octanol–water partition coefficient (Wildman–Crippen LogP) is 3.36. The van der Waals surface area contributed by atoms with Gasteiger partial charge in [-0.1, -0.05) is 6.07 Å². The number of aromatic amines is 1. The first-order valence-electron chi connectivity index (χ1n) is 13.2. The summed E-state index contributed by atoms with van der Waals surface area (Å²) in [6.07, 6.45) is 2.06. The average molecular weight is 518 g/mol. The molecule has 2 fully saturated rings. The van der Waals surface area contributed by atoms with Crippen LogP contribution in [0.2, 0.25) is 0 Å². The number of tetrazole rings is 1. The van der Waals surface area contributed by atoms with Crippen LogP contribution >= 0.6 is 0 Å². The zero-order valence-corrected chi connectivity index (χ0v) is 21.7. The summed E-state index contributed by atoms with van der Waals surface area (Å²) < 4.78 is 21.1. The van der Waals surface area contributed by atoms with E-state index in [1.807, 2.05) is 31.2 Å². The van der Waals surface area contributed by atoms with E-state index in [1.54, 1.807) is 4.68 Å². The number of hydrogen-bond acceptors (Lipinski definition) is 7. The zero-order valence-electron chi connectivity index (χ0n) is 21.7. The molecule has 38 heavy (non-hydrogen) atoms. The van der Waals surface area contributed by atoms with Crippen molar-refractivity contribution in [3.63, 3.8) is 0 Å². The van der Waals surface area contributed by atoms with Gasteiger partial charge in [-0.3, -0.25) is 9.69 Å². The Morgan fingerprint density at radius 2 is 1.89 bits per heavy atom. The number of aromatic nitrogens is 5. The van der Waals surface area contributed by atoms with Gasteiger partial charge in [0.2, 0.25) is 0 Å². The van der Waals surface area contributed by atoms with Crippen molar-refractivity contribution in [1.29, 1.82) is 0 Å². The molecule has 0 aliphatic carbocycles. The first kappa shape index (κ1) is 24.7. The summed E-state index contributed by atoms with van der Waals surface area (Å²) in [6, 6.07) is 12.3. The number of hydrogen-bond donors (Lipinski definition) is 1. The van der Waals surface area contributed by atoms with E-state index in [1.165, 1.54) is 12.1 Å². The second kappa shape index (κ2) is 10.3. The number of benzene rings is 2. The fraction of sp³-hybridized carbons (Fsp3) is 0.429. The molecule has 4 heterocycles. The molecule has 4 aromatic rings. The van der Waals surface area contributed by atoms with Crippen molar-refractivity contribution in [3.05, 3.63) is 81.2 Å². The molecule has 1 N–H and O–H groups in total. The van der Waals surface area contributed by atoms with Gasteiger partial charge in [0, 0.05) is 54.9 Å². The number of nitrogens with zero attached hydrogens (tertiary/aromatic N) is 6. The Balaban J connectivity index is 1.38. The summed E-state index contributed by atoms with van der Waals surface area (Å²) in [5.41, 5.74) is 4.52. The lowest BCUT2D eigenvalue weighted by Gasteiger charge is -2.39. The van der Waals surface area contributed by atoms with Gasteiger partial charge in [0.25, 0.3) is 5.56 Å². The SMILES string of the molecule is Cc1cc(C)c2cc([C@H](c3nnnn3C[C@@H]3CCCO3)N3CCN(c4ccc(F)cc4)CC3)c(=O)[nH]c2c1. The fourth-order valence-electron chi connectivity index (χ4n) is 5.80. The Kier molecular flexibility index (Phi) is 6.67. The lowest BCUT2D eigenvalue weighted by molar-refractivity contribution is 0.0906. The molecule has 2 aromatic heterocycles. The van der Waals surface area contributed by atoms with Crippen molar-refractivity contribution in [2.24, 2.45) is 0 Å². The van der Waals surface area contributed by atoms with E-state index in [4.69, 9.17) is 4.74 Å². The van der Waals surface area contributed by atoms with E-state index >= 15 is 0 Å². The van der Waals surface area contributed by atoms with E-state index in [2.05, 4.69) is 43.3 Å². The van der Waals surface area contributed by atoms with E-state index in [0.29, 0.717) is 31.0 Å². The Hall–Kier alpha value is -3.63. The Morgan fingerprint density at radius 1 is 1.11 bits per heavy atom. The van der Waals surface area contributed by atoms with Crippen molar-refractivity contribution < 1.29 is 9.13 Å². The number of piperazine rings is 1. The van der Waals surface area contributed by atoms with Crippen LogP contribution in [0.1, 0.15) is 41.4 Å². The molecule has 2 atom stereocenters. The molecule has 0 bridgehead atoms. The molecule has 2 aliphatic rings. The molecule has 10 heteroatoms. The van der Waals surface area contributed by atoms with Gasteiger partial charge in [0.05, 0.1) is 12.6 Å². The molecule has 2 aliphatic heterocycles. The van der Waals surface area contributed by atoms with Crippen molar-refractivity contribution in [1.82, 2.24) is 30.1 Å². The second-order valence-corrected chi connectivity index (χ2v) is 10.4. The molecule has 0 radical (unpaired) electrons. The standard InChI is InChI=1S/C28H32FN7O2/c1-18-14-19(2)23-16-24(28(37)30-25(23)15-18)26(27-31-32-33-36(27)17-22-4-3-13-38-22)35-11-9-34(10-12-35)21-7-5-20(29)6-8-21/h5-8,14-16,22,26H,3-4,9-13,17H2,1-2H3,(H,30,37)/t22-,26+/m0/s1. The molecule has 0 saturated carbocycles. The maximum atomic E-state index is 13.6. The lowest BCUT2D eigenvalue weighted by Crippen LogP contribution is -2.49. The summed E-state index contributed by atoms with van der Waals surface area (Å²) >= 11 is 0. The Labute approximate surface area is 220 Å². The van der Waals surface area contributed by atoms with Gasteiger partial charge in [-0.05, 0) is 84.6 Å². The van der Waals surface area contributed by atoms with Gasteiger partial charge in [-0.15, -0.1) is 5.10 Å². The summed E-state index contributed by atoms with van der Waals surface area (Å²) in [4.78, 5) is 21.2. The van der Waals surface area contributed by atoms with E-state index in [0.717, 1.165) is 60.3 Å². The number of fused-ring (bicyclic) bond motifs is 1. The summed E-state index contributed by atoms with van der Waals surface area (Å²) in [5, 5.41) is 13.8. The van der Waals surface area contributed by atoms with E-state index in [9.17, 15) is 9.18 Å². The first-order valence-corrected chi connectivity index (χ1v) is 13.2. The highest BCUT2D eigenvalue weighted by atomic mass is 19.1. The largest absolute Gasteiger partial charge is 0.376 e. The zero-order chi connectivity index (χ0) is 26.2. The quantitative estimate of drug-likeness (QED) is 0.419. The number of pyridine rings is 1. The molecule has 2 saturated heterocycles. The van der Waals surface area contributed by atoms with Crippen molar-refractivity contribution in [2.45, 2.75) is 45.4 Å². The summed E-state index contributed by atoms with van der Waals surface area (Å²) in [6.45, 7) is 8.26. The van der Waals surface area contributed by atoms with Crippen LogP contribution in [0.15, 0.2) is 47.3 Å². The monoisotopic (exact) mass is 517 g/mol. The molecular weight excluding hydrogens is 485 g/mol. The number of ether oxygens (including phenoxy) is 1. The maximum Gasteiger partial charge on any atom is 0.253 e. The van der Waals surface area contributed by atoms with Gasteiger partial charge >= 0.3 is 0 Å². The summed E-state index contributed by atoms with van der Waals surface area (Å²) in [7, 11) is 0. The molecule has 198 valence electrons. The molecular formula is C28H32FN7O2. The van der Waals surface area contributed by atoms with Crippen LogP contribution < -0.4 is 10.5 Å². The average Bonchev–Trinajstić information content (AvgIpc) is 3.59. The smallest absolute Gasteiger partial charge is 0.253 e. The highest BCUT2D eigenvalue weighted by molar-refractivity contribution is 5.83. The molecule has 9 nitrogen and oxygen atoms in total. The minimum atomic E-state index is -0.421. The Morgan fingerprint density at radius 3 is 2.63 bits per heavy atom. The third kappa shape index (κ3) is 4.81. The predicted molar refractivity (Wildman–Crippen MR) is 143 cm³/mol. The fourth-order valence-corrected chi connectivity index (χ4v) is 5.80. The number of rotatable bonds is 6. The normalized spacial score (nSPS) is 19.3. The number of anilines is 1. The van der Waals surface area contributed by atoms with Crippen molar-refractivity contribution in [2.75, 3.05) is 37.7 Å². The van der Waals surface area contributed by atoms with Gasteiger partial charge in [-0.2, -0.15) is 0 Å². The molecule has 0 spiro atoms. The lowest BCUT2D eigenvalue weighted by atomic mass is 9.99. The van der Waals surface area contributed by atoms with Crippen LogP contribution in [0, 0.1) is 19.7 Å². The van der Waals surface area contributed by atoms with Crippen LogP contribution in [-0.4, -0.2) is 69.0 Å². The molecule has 2 aromatic carbocycles. The first-order chi connectivity index (χ1) is 18.5. The number of aryl methyl sites for hydroxylation is 2. The maximum absolute atomic E-state index is 13.6. The molecule has 6 rings (SSSR count). The van der Waals surface area contributed by atoms with Gasteiger partial charge in [0.1, 0.15) is 11.9 Å². The van der Waals surface area contributed by atoms with Crippen LogP contribution in [-0.2, 0) is 11.3 Å². The van der Waals surface area contributed by atoms with Gasteiger partial charge in [0.15, 0.2) is 5.82 Å². The van der Waals surface area contributed by atoms with Crippen molar-refractivity contribution in [3.8, 4) is 0 Å². The number of nitrogens with one attached hydrogen (secondary N) is 1. The minimum absolute atomic E-state index is 0.0633. The van der Waals surface area contributed by atoms with Gasteiger partial charge in [-0.25, -0.2) is 9.07 Å². The third-order valence-electron chi connectivity index (χ3n) is 7.71. The second-order valence-electron chi connectivity index (χ2n) is 10.4. The Bertz CT molecular complexity index is 1490. The molecule has 0 amide bonds. The summed E-state index contributed by atoms with van der Waals surface area (Å²) in [5.74, 6) is 0.400.